The summed E-state index contributed by atoms with van der Waals surface area (Å²) in [7, 11) is 2.15. The van der Waals surface area contributed by atoms with E-state index in [1.807, 2.05) is 4.90 Å². The van der Waals surface area contributed by atoms with Crippen LogP contribution < -0.4 is 4.90 Å². The molecular formula is C16H21FN2O2. The highest BCUT2D eigenvalue weighted by molar-refractivity contribution is 5.94. The van der Waals surface area contributed by atoms with Crippen LogP contribution >= 0.6 is 0 Å². The van der Waals surface area contributed by atoms with Crippen molar-refractivity contribution in [2.75, 3.05) is 31.6 Å². The van der Waals surface area contributed by atoms with Gasteiger partial charge >= 0.3 is 5.97 Å². The Morgan fingerprint density at radius 3 is 2.90 bits per heavy atom. The van der Waals surface area contributed by atoms with Gasteiger partial charge in [0, 0.05) is 19.1 Å². The van der Waals surface area contributed by atoms with E-state index in [-0.39, 0.29) is 11.3 Å². The van der Waals surface area contributed by atoms with Crippen molar-refractivity contribution in [1.29, 1.82) is 0 Å². The van der Waals surface area contributed by atoms with Gasteiger partial charge in [0.15, 0.2) is 0 Å². The Hall–Kier alpha value is -1.62. The van der Waals surface area contributed by atoms with E-state index in [9.17, 15) is 14.3 Å². The molecule has 1 N–H and O–H groups in total. The second kappa shape index (κ2) is 5.64. The number of fused-ring (bicyclic) bond motifs is 1. The van der Waals surface area contributed by atoms with Gasteiger partial charge in [-0.05, 0) is 50.9 Å². The van der Waals surface area contributed by atoms with E-state index in [1.54, 1.807) is 0 Å². The van der Waals surface area contributed by atoms with E-state index < -0.39 is 11.8 Å². The Labute approximate surface area is 124 Å². The molecule has 5 heteroatoms. The fraction of sp³-hybridized carbons (Fsp3) is 0.562. The van der Waals surface area contributed by atoms with Gasteiger partial charge in [0.1, 0.15) is 5.82 Å². The Kier molecular flexibility index (Phi) is 3.85. The molecule has 0 amide bonds. The Balaban J connectivity index is 1.87. The standard InChI is InChI=1S/C16H21FN2O2/c1-18-8-3-4-11-10-19(9-7-14(11)18)15-12(16(20)21)5-2-6-13(15)17/h2,5-6,11,14H,3-4,7-10H2,1H3,(H,20,21). The number of nitrogens with zero attached hydrogens (tertiary/aromatic N) is 2. The van der Waals surface area contributed by atoms with E-state index in [1.165, 1.54) is 18.2 Å². The summed E-state index contributed by atoms with van der Waals surface area (Å²) in [6.07, 6.45) is 3.27. The van der Waals surface area contributed by atoms with Crippen LogP contribution in [0.4, 0.5) is 10.1 Å². The van der Waals surface area contributed by atoms with E-state index in [2.05, 4.69) is 11.9 Å². The number of aromatic carboxylic acids is 1. The molecule has 0 aromatic heterocycles. The molecule has 2 aliphatic heterocycles. The lowest BCUT2D eigenvalue weighted by molar-refractivity contribution is 0.0696. The summed E-state index contributed by atoms with van der Waals surface area (Å²) in [4.78, 5) is 15.7. The molecule has 21 heavy (non-hydrogen) atoms. The molecule has 2 atom stereocenters. The number of carboxylic acid groups (broad SMARTS) is 1. The monoisotopic (exact) mass is 292 g/mol. The van der Waals surface area contributed by atoms with Gasteiger partial charge in [0.05, 0.1) is 11.3 Å². The number of piperidine rings is 2. The molecule has 2 fully saturated rings. The van der Waals surface area contributed by atoms with Crippen LogP contribution in [0.25, 0.3) is 0 Å². The number of benzene rings is 1. The number of carboxylic acids is 1. The lowest BCUT2D eigenvalue weighted by atomic mass is 9.84. The van der Waals surface area contributed by atoms with Gasteiger partial charge in [0.2, 0.25) is 0 Å². The van der Waals surface area contributed by atoms with Crippen LogP contribution in [0.1, 0.15) is 29.6 Å². The third-order valence-electron chi connectivity index (χ3n) is 4.88. The summed E-state index contributed by atoms with van der Waals surface area (Å²) in [6.45, 7) is 2.59. The van der Waals surface area contributed by atoms with Crippen molar-refractivity contribution < 1.29 is 14.3 Å². The first-order valence-corrected chi connectivity index (χ1v) is 7.55. The minimum atomic E-state index is -1.06. The summed E-state index contributed by atoms with van der Waals surface area (Å²) in [5.74, 6) is -0.997. The van der Waals surface area contributed by atoms with Gasteiger partial charge in [-0.2, -0.15) is 0 Å². The topological polar surface area (TPSA) is 43.8 Å². The number of halogens is 1. The molecule has 0 aliphatic carbocycles. The third kappa shape index (κ3) is 2.62. The van der Waals surface area contributed by atoms with Crippen molar-refractivity contribution in [3.63, 3.8) is 0 Å². The first kappa shape index (κ1) is 14.3. The minimum absolute atomic E-state index is 0.0672. The van der Waals surface area contributed by atoms with Gasteiger partial charge in [-0.1, -0.05) is 6.07 Å². The van der Waals surface area contributed by atoms with Crippen molar-refractivity contribution in [1.82, 2.24) is 4.90 Å². The smallest absolute Gasteiger partial charge is 0.337 e. The predicted octanol–water partition coefficient (Wildman–Crippen LogP) is 2.44. The van der Waals surface area contributed by atoms with Gasteiger partial charge in [-0.25, -0.2) is 9.18 Å². The average molecular weight is 292 g/mol. The summed E-state index contributed by atoms with van der Waals surface area (Å²) < 4.78 is 14.2. The highest BCUT2D eigenvalue weighted by Crippen LogP contribution is 2.34. The molecule has 2 aliphatic rings. The fourth-order valence-electron chi connectivity index (χ4n) is 3.86. The van der Waals surface area contributed by atoms with Crippen molar-refractivity contribution >= 4 is 11.7 Å². The Morgan fingerprint density at radius 1 is 1.33 bits per heavy atom. The van der Waals surface area contributed by atoms with Crippen LogP contribution in [-0.4, -0.2) is 48.7 Å². The number of carbonyl (C=O) groups is 1. The van der Waals surface area contributed by atoms with E-state index in [0.29, 0.717) is 18.5 Å². The van der Waals surface area contributed by atoms with Crippen molar-refractivity contribution in [2.45, 2.75) is 25.3 Å². The molecule has 0 spiro atoms. The molecule has 114 valence electrons. The molecule has 1 aromatic carbocycles. The summed E-state index contributed by atoms with van der Waals surface area (Å²) in [5.41, 5.74) is 0.328. The normalized spacial score (nSPS) is 26.5. The number of anilines is 1. The predicted molar refractivity (Wildman–Crippen MR) is 79.3 cm³/mol. The molecule has 4 nitrogen and oxygen atoms in total. The highest BCUT2D eigenvalue weighted by atomic mass is 19.1. The minimum Gasteiger partial charge on any atom is -0.478 e. The molecule has 3 rings (SSSR count). The lowest BCUT2D eigenvalue weighted by Crippen LogP contribution is -2.53. The maximum Gasteiger partial charge on any atom is 0.337 e. The molecular weight excluding hydrogens is 271 g/mol. The van der Waals surface area contributed by atoms with Crippen LogP contribution in [0, 0.1) is 11.7 Å². The second-order valence-corrected chi connectivity index (χ2v) is 6.13. The lowest BCUT2D eigenvalue weighted by Gasteiger charge is -2.46. The third-order valence-corrected chi connectivity index (χ3v) is 4.88. The maximum atomic E-state index is 14.2. The van der Waals surface area contributed by atoms with E-state index in [0.717, 1.165) is 32.4 Å². The molecule has 2 saturated heterocycles. The summed E-state index contributed by atoms with van der Waals surface area (Å²) in [6, 6.07) is 4.85. The second-order valence-electron chi connectivity index (χ2n) is 6.13. The van der Waals surface area contributed by atoms with E-state index in [4.69, 9.17) is 0 Å². The maximum absolute atomic E-state index is 14.2. The number of hydrogen-bond donors (Lipinski definition) is 1. The zero-order valence-electron chi connectivity index (χ0n) is 12.3. The zero-order chi connectivity index (χ0) is 15.0. The molecule has 0 radical (unpaired) electrons. The molecule has 2 heterocycles. The molecule has 0 bridgehead atoms. The fourth-order valence-corrected chi connectivity index (χ4v) is 3.86. The first-order valence-electron chi connectivity index (χ1n) is 7.55. The Morgan fingerprint density at radius 2 is 2.14 bits per heavy atom. The van der Waals surface area contributed by atoms with Gasteiger partial charge in [-0.15, -0.1) is 0 Å². The molecule has 0 saturated carbocycles. The average Bonchev–Trinajstić information content (AvgIpc) is 2.46. The SMILES string of the molecule is CN1CCCC2CN(c3c(F)cccc3C(=O)O)CCC21. The van der Waals surface area contributed by atoms with Gasteiger partial charge in [0.25, 0.3) is 0 Å². The number of para-hydroxylation sites is 1. The van der Waals surface area contributed by atoms with Crippen LogP contribution in [0.3, 0.4) is 0 Å². The zero-order valence-corrected chi connectivity index (χ0v) is 12.3. The summed E-state index contributed by atoms with van der Waals surface area (Å²) in [5, 5.41) is 9.29. The highest BCUT2D eigenvalue weighted by Gasteiger charge is 2.35. The molecule has 2 unspecified atom stereocenters. The van der Waals surface area contributed by atoms with Crippen LogP contribution in [-0.2, 0) is 0 Å². The van der Waals surface area contributed by atoms with E-state index >= 15 is 0 Å². The van der Waals surface area contributed by atoms with Crippen LogP contribution in [0.15, 0.2) is 18.2 Å². The van der Waals surface area contributed by atoms with Crippen LogP contribution in [0.2, 0.25) is 0 Å². The quantitative estimate of drug-likeness (QED) is 0.909. The number of rotatable bonds is 2. The first-order chi connectivity index (χ1) is 10.1. The van der Waals surface area contributed by atoms with Crippen molar-refractivity contribution in [3.8, 4) is 0 Å². The van der Waals surface area contributed by atoms with Crippen LogP contribution in [0.5, 0.6) is 0 Å². The van der Waals surface area contributed by atoms with Gasteiger partial charge < -0.3 is 14.9 Å². The largest absolute Gasteiger partial charge is 0.478 e. The number of likely N-dealkylation sites (tertiary alicyclic amines) is 1. The van der Waals surface area contributed by atoms with Crippen molar-refractivity contribution in [2.24, 2.45) is 5.92 Å². The summed E-state index contributed by atoms with van der Waals surface area (Å²) >= 11 is 0. The Bertz CT molecular complexity index is 549. The van der Waals surface area contributed by atoms with Crippen molar-refractivity contribution in [3.05, 3.63) is 29.6 Å². The molecule has 1 aromatic rings. The van der Waals surface area contributed by atoms with Gasteiger partial charge in [-0.3, -0.25) is 0 Å². The number of hydrogen-bond acceptors (Lipinski definition) is 3.